The van der Waals surface area contributed by atoms with E-state index in [1.807, 2.05) is 25.1 Å². The molecule has 1 rings (SSSR count). The van der Waals surface area contributed by atoms with E-state index in [2.05, 4.69) is 6.92 Å². The van der Waals surface area contributed by atoms with Crippen LogP contribution in [0.4, 0.5) is 0 Å². The second kappa shape index (κ2) is 7.55. The summed E-state index contributed by atoms with van der Waals surface area (Å²) < 4.78 is 10.8. The Labute approximate surface area is 118 Å². The molecule has 1 aromatic rings. The van der Waals surface area contributed by atoms with Crippen LogP contribution in [0.25, 0.3) is 6.08 Å². The maximum Gasteiger partial charge on any atom is 0.179 e. The Morgan fingerprint density at radius 2 is 2.06 bits per heavy atom. The van der Waals surface area contributed by atoms with Crippen LogP contribution in [0.3, 0.4) is 0 Å². The van der Waals surface area contributed by atoms with Crippen molar-refractivity contribution in [3.05, 3.63) is 28.3 Å². The molecular weight excluding hydrogens is 271 g/mol. The van der Waals surface area contributed by atoms with E-state index >= 15 is 0 Å². The van der Waals surface area contributed by atoms with Gasteiger partial charge < -0.3 is 9.47 Å². The van der Waals surface area contributed by atoms with E-state index in [-0.39, 0.29) is 0 Å². The SMILES string of the molecule is CCOc1c(Cl)cc(C=C(CC)CCl)cc1OC. The van der Waals surface area contributed by atoms with E-state index in [0.29, 0.717) is 29.0 Å². The summed E-state index contributed by atoms with van der Waals surface area (Å²) in [5.74, 6) is 1.74. The fraction of sp³-hybridized carbons (Fsp3) is 0.429. The second-order valence-electron chi connectivity index (χ2n) is 3.76. The van der Waals surface area contributed by atoms with Gasteiger partial charge in [-0.3, -0.25) is 0 Å². The number of rotatable bonds is 6. The summed E-state index contributed by atoms with van der Waals surface area (Å²) in [5.41, 5.74) is 2.12. The van der Waals surface area contributed by atoms with Crippen LogP contribution in [0.2, 0.25) is 5.02 Å². The van der Waals surface area contributed by atoms with Gasteiger partial charge >= 0.3 is 0 Å². The average Bonchev–Trinajstić information content (AvgIpc) is 2.38. The van der Waals surface area contributed by atoms with Crippen LogP contribution in [-0.2, 0) is 0 Å². The van der Waals surface area contributed by atoms with Crippen LogP contribution in [0, 0.1) is 0 Å². The Kier molecular flexibility index (Phi) is 6.37. The Balaban J connectivity index is 3.17. The zero-order valence-electron chi connectivity index (χ0n) is 10.9. The van der Waals surface area contributed by atoms with Crippen LogP contribution in [0.1, 0.15) is 25.8 Å². The lowest BCUT2D eigenvalue weighted by Crippen LogP contribution is -1.97. The third-order valence-electron chi connectivity index (χ3n) is 2.54. The first-order valence-electron chi connectivity index (χ1n) is 5.91. The fourth-order valence-corrected chi connectivity index (χ4v) is 2.12. The maximum atomic E-state index is 6.19. The highest BCUT2D eigenvalue weighted by Gasteiger charge is 2.10. The van der Waals surface area contributed by atoms with Crippen molar-refractivity contribution in [1.82, 2.24) is 0 Å². The summed E-state index contributed by atoms with van der Waals surface area (Å²) in [4.78, 5) is 0. The molecule has 0 spiro atoms. The molecule has 0 aliphatic heterocycles. The van der Waals surface area contributed by atoms with Crippen molar-refractivity contribution in [2.24, 2.45) is 0 Å². The van der Waals surface area contributed by atoms with Crippen LogP contribution < -0.4 is 9.47 Å². The topological polar surface area (TPSA) is 18.5 Å². The highest BCUT2D eigenvalue weighted by atomic mass is 35.5. The number of hydrogen-bond donors (Lipinski definition) is 0. The smallest absolute Gasteiger partial charge is 0.179 e. The van der Waals surface area contributed by atoms with Crippen LogP contribution >= 0.6 is 23.2 Å². The van der Waals surface area contributed by atoms with Crippen LogP contribution in [-0.4, -0.2) is 19.6 Å². The number of ether oxygens (including phenoxy) is 2. The predicted molar refractivity (Wildman–Crippen MR) is 78.2 cm³/mol. The molecule has 0 unspecified atom stereocenters. The lowest BCUT2D eigenvalue weighted by molar-refractivity contribution is 0.311. The van der Waals surface area contributed by atoms with E-state index in [0.717, 1.165) is 17.6 Å². The molecule has 4 heteroatoms. The summed E-state index contributed by atoms with van der Waals surface area (Å²) in [5, 5.41) is 0.549. The standard InChI is InChI=1S/C14H18Cl2O2/c1-4-10(9-15)6-11-7-12(16)14(18-5-2)13(8-11)17-3/h6-8H,4-5,9H2,1-3H3. The van der Waals surface area contributed by atoms with Crippen molar-refractivity contribution < 1.29 is 9.47 Å². The molecule has 18 heavy (non-hydrogen) atoms. The number of halogens is 2. The summed E-state index contributed by atoms with van der Waals surface area (Å²) >= 11 is 12.0. The lowest BCUT2D eigenvalue weighted by atomic mass is 10.1. The van der Waals surface area contributed by atoms with Crippen molar-refractivity contribution in [2.75, 3.05) is 19.6 Å². The summed E-state index contributed by atoms with van der Waals surface area (Å²) in [6.07, 6.45) is 2.94. The number of methoxy groups -OCH3 is 1. The molecule has 0 fully saturated rings. The second-order valence-corrected chi connectivity index (χ2v) is 4.43. The van der Waals surface area contributed by atoms with Gasteiger partial charge in [0.25, 0.3) is 0 Å². The summed E-state index contributed by atoms with van der Waals surface area (Å²) in [7, 11) is 1.60. The number of alkyl halides is 1. The number of hydrogen-bond acceptors (Lipinski definition) is 2. The zero-order chi connectivity index (χ0) is 13.5. The normalized spacial score (nSPS) is 11.5. The van der Waals surface area contributed by atoms with Crippen LogP contribution in [0.5, 0.6) is 11.5 Å². The molecule has 0 N–H and O–H groups in total. The first-order valence-corrected chi connectivity index (χ1v) is 6.83. The minimum atomic E-state index is 0.518. The third-order valence-corrected chi connectivity index (χ3v) is 3.16. The summed E-state index contributed by atoms with van der Waals surface area (Å²) in [6, 6.07) is 3.76. The van der Waals surface area contributed by atoms with Gasteiger partial charge in [0.1, 0.15) is 0 Å². The van der Waals surface area contributed by atoms with E-state index in [9.17, 15) is 0 Å². The lowest BCUT2D eigenvalue weighted by Gasteiger charge is -2.12. The molecule has 0 amide bonds. The molecule has 0 heterocycles. The fourth-order valence-electron chi connectivity index (χ4n) is 1.58. The molecule has 0 bridgehead atoms. The van der Waals surface area contributed by atoms with Gasteiger partial charge in [-0.1, -0.05) is 30.2 Å². The minimum absolute atomic E-state index is 0.518. The van der Waals surface area contributed by atoms with Gasteiger partial charge in [-0.25, -0.2) is 0 Å². The van der Waals surface area contributed by atoms with E-state index in [1.165, 1.54) is 0 Å². The van der Waals surface area contributed by atoms with Crippen molar-refractivity contribution in [3.63, 3.8) is 0 Å². The van der Waals surface area contributed by atoms with Crippen molar-refractivity contribution in [3.8, 4) is 11.5 Å². The largest absolute Gasteiger partial charge is 0.493 e. The molecule has 0 aromatic heterocycles. The molecule has 0 saturated carbocycles. The highest BCUT2D eigenvalue weighted by molar-refractivity contribution is 6.32. The molecule has 0 aliphatic carbocycles. The Bertz CT molecular complexity index is 422. The van der Waals surface area contributed by atoms with Crippen molar-refractivity contribution >= 4 is 29.3 Å². The quantitative estimate of drug-likeness (QED) is 0.702. The van der Waals surface area contributed by atoms with Gasteiger partial charge in [0.15, 0.2) is 11.5 Å². The van der Waals surface area contributed by atoms with Gasteiger partial charge in [0, 0.05) is 5.88 Å². The van der Waals surface area contributed by atoms with E-state index in [1.54, 1.807) is 7.11 Å². The van der Waals surface area contributed by atoms with Gasteiger partial charge in [0.2, 0.25) is 0 Å². The van der Waals surface area contributed by atoms with E-state index in [4.69, 9.17) is 32.7 Å². The molecule has 0 radical (unpaired) electrons. The predicted octanol–water partition coefficient (Wildman–Crippen LogP) is 4.78. The Morgan fingerprint density at radius 1 is 1.33 bits per heavy atom. The van der Waals surface area contributed by atoms with Gasteiger partial charge in [-0.2, -0.15) is 0 Å². The molecule has 0 aliphatic rings. The first kappa shape index (κ1) is 15.2. The Morgan fingerprint density at radius 3 is 2.56 bits per heavy atom. The number of benzene rings is 1. The monoisotopic (exact) mass is 288 g/mol. The molecule has 2 nitrogen and oxygen atoms in total. The average molecular weight is 289 g/mol. The molecule has 100 valence electrons. The molecule has 1 aromatic carbocycles. The third kappa shape index (κ3) is 3.82. The Hall–Kier alpha value is -0.860. The highest BCUT2D eigenvalue weighted by Crippen LogP contribution is 2.37. The summed E-state index contributed by atoms with van der Waals surface area (Å²) in [6.45, 7) is 4.53. The maximum absolute atomic E-state index is 6.19. The number of allylic oxidation sites excluding steroid dienone is 1. The van der Waals surface area contributed by atoms with Crippen LogP contribution in [0.15, 0.2) is 17.7 Å². The van der Waals surface area contributed by atoms with Crippen molar-refractivity contribution in [1.29, 1.82) is 0 Å². The molecular formula is C14H18Cl2O2. The van der Waals surface area contributed by atoms with Gasteiger partial charge in [-0.15, -0.1) is 11.6 Å². The van der Waals surface area contributed by atoms with Crippen molar-refractivity contribution in [2.45, 2.75) is 20.3 Å². The first-order chi connectivity index (χ1) is 8.65. The molecule has 0 atom stereocenters. The van der Waals surface area contributed by atoms with Gasteiger partial charge in [-0.05, 0) is 31.0 Å². The molecule has 0 saturated heterocycles. The minimum Gasteiger partial charge on any atom is -0.493 e. The van der Waals surface area contributed by atoms with Gasteiger partial charge in [0.05, 0.1) is 18.7 Å². The van der Waals surface area contributed by atoms with E-state index < -0.39 is 0 Å². The zero-order valence-corrected chi connectivity index (χ0v) is 12.4.